The highest BCUT2D eigenvalue weighted by molar-refractivity contribution is 7.91. The number of unbranched alkanes of at least 4 members (excludes halogenated alkanes) is 3. The molecular weight excluding hydrogens is 387 g/mol. The molecule has 28 heavy (non-hydrogen) atoms. The number of aliphatic carboxylic acids is 1. The number of carbonyl (C=O) groups is 1. The van der Waals surface area contributed by atoms with Crippen LogP contribution in [0.4, 0.5) is 4.39 Å². The van der Waals surface area contributed by atoms with Crippen molar-refractivity contribution in [2.45, 2.75) is 69.1 Å². The van der Waals surface area contributed by atoms with Crippen LogP contribution < -0.4 is 4.74 Å². The van der Waals surface area contributed by atoms with E-state index in [0.717, 1.165) is 19.3 Å². The summed E-state index contributed by atoms with van der Waals surface area (Å²) in [6.07, 6.45) is 5.61. The van der Waals surface area contributed by atoms with Crippen molar-refractivity contribution in [2.24, 2.45) is 0 Å². The molecular formula is C20H31FO6S. The van der Waals surface area contributed by atoms with Crippen LogP contribution in [-0.4, -0.2) is 48.8 Å². The molecule has 0 aliphatic rings. The van der Waals surface area contributed by atoms with E-state index in [1.165, 1.54) is 30.5 Å². The van der Waals surface area contributed by atoms with Gasteiger partial charge in [0.25, 0.3) is 0 Å². The molecule has 0 aromatic heterocycles. The molecule has 0 saturated carbocycles. The first-order valence-electron chi connectivity index (χ1n) is 9.65. The predicted octanol–water partition coefficient (Wildman–Crippen LogP) is 3.57. The van der Waals surface area contributed by atoms with Gasteiger partial charge in [-0.3, -0.25) is 4.79 Å². The van der Waals surface area contributed by atoms with Gasteiger partial charge in [0, 0.05) is 12.7 Å². The van der Waals surface area contributed by atoms with Gasteiger partial charge in [-0.25, -0.2) is 12.8 Å². The lowest BCUT2D eigenvalue weighted by Gasteiger charge is -2.17. The molecule has 0 unspecified atom stereocenters. The van der Waals surface area contributed by atoms with Gasteiger partial charge in [0.15, 0.2) is 0 Å². The van der Waals surface area contributed by atoms with Crippen molar-refractivity contribution >= 4 is 15.8 Å². The highest BCUT2D eigenvalue weighted by atomic mass is 32.2. The monoisotopic (exact) mass is 418 g/mol. The Hall–Kier alpha value is -1.67. The zero-order valence-electron chi connectivity index (χ0n) is 16.3. The maximum Gasteiger partial charge on any atom is 0.303 e. The number of carboxylic acids is 1. The Bertz CT molecular complexity index is 674. The van der Waals surface area contributed by atoms with Crippen LogP contribution in [0.3, 0.4) is 0 Å². The molecule has 160 valence electrons. The fourth-order valence-corrected chi connectivity index (χ4v) is 4.15. The number of carboxylic acid groups (broad SMARTS) is 1. The molecule has 0 fully saturated rings. The molecule has 0 spiro atoms. The maximum absolute atomic E-state index is 12.8. The van der Waals surface area contributed by atoms with E-state index in [4.69, 9.17) is 9.84 Å². The molecule has 2 N–H and O–H groups in total. The number of sulfone groups is 1. The van der Waals surface area contributed by atoms with E-state index in [-0.39, 0.29) is 18.8 Å². The van der Waals surface area contributed by atoms with E-state index < -0.39 is 27.2 Å². The van der Waals surface area contributed by atoms with Gasteiger partial charge in [-0.05, 0) is 56.4 Å². The number of benzene rings is 1. The summed E-state index contributed by atoms with van der Waals surface area (Å²) in [7, 11) is -3.17. The Labute approximate surface area is 166 Å². The largest absolute Gasteiger partial charge is 0.491 e. The van der Waals surface area contributed by atoms with Crippen molar-refractivity contribution in [1.29, 1.82) is 0 Å². The number of aliphatic hydroxyl groups excluding tert-OH is 1. The van der Waals surface area contributed by atoms with Crippen molar-refractivity contribution < 1.29 is 32.6 Å². The molecule has 0 heterocycles. The Morgan fingerprint density at radius 1 is 1.04 bits per heavy atom. The van der Waals surface area contributed by atoms with E-state index in [1.54, 1.807) is 0 Å². The number of rotatable bonds is 15. The number of ether oxygens (including phenoxy) is 1. The molecule has 0 aliphatic carbocycles. The summed E-state index contributed by atoms with van der Waals surface area (Å²) >= 11 is 0. The quantitative estimate of drug-likeness (QED) is 0.422. The van der Waals surface area contributed by atoms with Crippen LogP contribution in [0.2, 0.25) is 0 Å². The standard InChI is InChI=1S/C20H31FO6S/c1-28(25,26)19(8-4-2-3-5-10-20(23)24)9-6-7-17(22)15-27-18-13-11-16(21)12-14-18/h11-14,17,19,22H,2-10,15H2,1H3,(H,23,24)/t17-,19+/m0/s1. The minimum atomic E-state index is -3.17. The maximum atomic E-state index is 12.8. The summed E-state index contributed by atoms with van der Waals surface area (Å²) in [5.74, 6) is -0.699. The second-order valence-corrected chi connectivity index (χ2v) is 9.47. The van der Waals surface area contributed by atoms with Gasteiger partial charge in [-0.15, -0.1) is 0 Å². The molecule has 1 rings (SSSR count). The van der Waals surface area contributed by atoms with Crippen molar-refractivity contribution in [3.8, 4) is 5.75 Å². The molecule has 0 bridgehead atoms. The van der Waals surface area contributed by atoms with E-state index in [0.29, 0.717) is 37.9 Å². The lowest BCUT2D eigenvalue weighted by atomic mass is 10.0. The second kappa shape index (κ2) is 12.7. The van der Waals surface area contributed by atoms with E-state index >= 15 is 0 Å². The summed E-state index contributed by atoms with van der Waals surface area (Å²) in [6, 6.07) is 5.52. The molecule has 1 aromatic carbocycles. The van der Waals surface area contributed by atoms with Gasteiger partial charge in [-0.2, -0.15) is 0 Å². The minimum absolute atomic E-state index is 0.0682. The molecule has 0 aliphatic heterocycles. The van der Waals surface area contributed by atoms with Crippen LogP contribution in [0.5, 0.6) is 5.75 Å². The third-order valence-electron chi connectivity index (χ3n) is 4.59. The minimum Gasteiger partial charge on any atom is -0.491 e. The fourth-order valence-electron chi connectivity index (χ4n) is 2.96. The third-order valence-corrected chi connectivity index (χ3v) is 6.27. The molecule has 2 atom stereocenters. The highest BCUT2D eigenvalue weighted by Gasteiger charge is 2.20. The first-order valence-corrected chi connectivity index (χ1v) is 11.6. The van der Waals surface area contributed by atoms with Crippen molar-refractivity contribution in [3.63, 3.8) is 0 Å². The topological polar surface area (TPSA) is 101 Å². The van der Waals surface area contributed by atoms with E-state index in [1.807, 2.05) is 0 Å². The summed E-state index contributed by atoms with van der Waals surface area (Å²) in [5, 5.41) is 18.2. The predicted molar refractivity (Wildman–Crippen MR) is 106 cm³/mol. The number of aliphatic hydroxyl groups is 1. The van der Waals surface area contributed by atoms with Crippen LogP contribution in [0, 0.1) is 5.82 Å². The lowest BCUT2D eigenvalue weighted by Crippen LogP contribution is -2.22. The number of hydrogen-bond donors (Lipinski definition) is 2. The van der Waals surface area contributed by atoms with Gasteiger partial charge in [0.05, 0.1) is 11.4 Å². The number of hydrogen-bond acceptors (Lipinski definition) is 5. The Balaban J connectivity index is 2.26. The molecule has 1 aromatic rings. The smallest absolute Gasteiger partial charge is 0.303 e. The Morgan fingerprint density at radius 3 is 2.25 bits per heavy atom. The highest BCUT2D eigenvalue weighted by Crippen LogP contribution is 2.19. The van der Waals surface area contributed by atoms with Gasteiger partial charge in [-0.1, -0.05) is 19.3 Å². The van der Waals surface area contributed by atoms with E-state index in [2.05, 4.69) is 0 Å². The van der Waals surface area contributed by atoms with Crippen LogP contribution in [0.15, 0.2) is 24.3 Å². The van der Waals surface area contributed by atoms with E-state index in [9.17, 15) is 22.7 Å². The zero-order chi connectivity index (χ0) is 21.0. The summed E-state index contributed by atoms with van der Waals surface area (Å²) in [5.41, 5.74) is 0. The lowest BCUT2D eigenvalue weighted by molar-refractivity contribution is -0.137. The fraction of sp³-hybridized carbons (Fsp3) is 0.650. The van der Waals surface area contributed by atoms with Gasteiger partial charge >= 0.3 is 5.97 Å². The molecule has 8 heteroatoms. The van der Waals surface area contributed by atoms with Crippen LogP contribution in [-0.2, 0) is 14.6 Å². The molecule has 6 nitrogen and oxygen atoms in total. The first-order chi connectivity index (χ1) is 13.2. The molecule has 0 amide bonds. The molecule has 0 saturated heterocycles. The second-order valence-electron chi connectivity index (χ2n) is 7.15. The van der Waals surface area contributed by atoms with Crippen LogP contribution >= 0.6 is 0 Å². The summed E-state index contributed by atoms with van der Waals surface area (Å²) in [4.78, 5) is 10.5. The first kappa shape index (κ1) is 24.4. The molecule has 0 radical (unpaired) electrons. The van der Waals surface area contributed by atoms with Gasteiger partial charge < -0.3 is 14.9 Å². The van der Waals surface area contributed by atoms with Crippen LogP contribution in [0.25, 0.3) is 0 Å². The number of halogens is 1. The summed E-state index contributed by atoms with van der Waals surface area (Å²) < 4.78 is 42.1. The average Bonchev–Trinajstić information content (AvgIpc) is 2.61. The van der Waals surface area contributed by atoms with Crippen molar-refractivity contribution in [2.75, 3.05) is 12.9 Å². The normalized spacial score (nSPS) is 13.8. The van der Waals surface area contributed by atoms with Crippen molar-refractivity contribution in [1.82, 2.24) is 0 Å². The van der Waals surface area contributed by atoms with Crippen LogP contribution in [0.1, 0.15) is 57.8 Å². The van der Waals surface area contributed by atoms with Gasteiger partial charge in [0.2, 0.25) is 0 Å². The summed E-state index contributed by atoms with van der Waals surface area (Å²) in [6.45, 7) is 0.0682. The average molecular weight is 419 g/mol. The van der Waals surface area contributed by atoms with Gasteiger partial charge in [0.1, 0.15) is 28.0 Å². The Morgan fingerprint density at radius 2 is 1.64 bits per heavy atom. The third kappa shape index (κ3) is 11.2. The SMILES string of the molecule is CS(=O)(=O)[C@H](CCCCCCC(=O)O)CCC[C@H](O)COc1ccc(F)cc1. The van der Waals surface area contributed by atoms with Crippen molar-refractivity contribution in [3.05, 3.63) is 30.1 Å². The zero-order valence-corrected chi connectivity index (χ0v) is 17.2. The Kier molecular flexibility index (Phi) is 11.1.